The summed E-state index contributed by atoms with van der Waals surface area (Å²) >= 11 is 0. The number of ether oxygens (including phenoxy) is 3. The third kappa shape index (κ3) is 1.76. The van der Waals surface area contributed by atoms with Gasteiger partial charge in [0.1, 0.15) is 5.69 Å². The normalized spacial score (nSPS) is 9.36. The van der Waals surface area contributed by atoms with Gasteiger partial charge in [-0.1, -0.05) is 0 Å². The molecule has 0 fully saturated rings. The van der Waals surface area contributed by atoms with Crippen molar-refractivity contribution in [2.24, 2.45) is 0 Å². The summed E-state index contributed by atoms with van der Waals surface area (Å²) in [6, 6.07) is 1.55. The van der Waals surface area contributed by atoms with Crippen LogP contribution in [-0.2, 0) is 0 Å². The van der Waals surface area contributed by atoms with Gasteiger partial charge in [0.2, 0.25) is 0 Å². The first-order valence-corrected chi connectivity index (χ1v) is 3.89. The number of hydrogen-bond acceptors (Lipinski definition) is 5. The average Bonchev–Trinajstić information content (AvgIpc) is 2.26. The average molecular weight is 197 g/mol. The van der Waals surface area contributed by atoms with Gasteiger partial charge in [-0.25, -0.2) is 4.98 Å². The van der Waals surface area contributed by atoms with E-state index in [4.69, 9.17) is 14.2 Å². The highest BCUT2D eigenvalue weighted by Gasteiger charge is 2.12. The fourth-order valence-corrected chi connectivity index (χ4v) is 1.01. The molecule has 0 aliphatic rings. The number of rotatable bonds is 4. The molecule has 5 nitrogen and oxygen atoms in total. The van der Waals surface area contributed by atoms with Crippen LogP contribution in [0.1, 0.15) is 10.5 Å². The highest BCUT2D eigenvalue weighted by Crippen LogP contribution is 2.30. The molecule has 0 aliphatic heterocycles. The maximum absolute atomic E-state index is 10.6. The fourth-order valence-electron chi connectivity index (χ4n) is 1.01. The predicted molar refractivity (Wildman–Crippen MR) is 49.3 cm³/mol. The lowest BCUT2D eigenvalue weighted by atomic mass is 10.3. The second-order valence-electron chi connectivity index (χ2n) is 2.41. The van der Waals surface area contributed by atoms with Gasteiger partial charge in [-0.3, -0.25) is 4.79 Å². The van der Waals surface area contributed by atoms with Gasteiger partial charge >= 0.3 is 0 Å². The lowest BCUT2D eigenvalue weighted by Gasteiger charge is -2.09. The van der Waals surface area contributed by atoms with Crippen molar-refractivity contribution >= 4 is 6.29 Å². The molecule has 1 rings (SSSR count). The molecule has 1 heterocycles. The Labute approximate surface area is 81.6 Å². The summed E-state index contributed by atoms with van der Waals surface area (Å²) < 4.78 is 14.9. The number of nitrogens with zero attached hydrogens (tertiary/aromatic N) is 1. The first kappa shape index (κ1) is 10.3. The van der Waals surface area contributed by atoms with E-state index in [1.54, 1.807) is 6.07 Å². The van der Waals surface area contributed by atoms with Crippen LogP contribution in [0.3, 0.4) is 0 Å². The van der Waals surface area contributed by atoms with Crippen LogP contribution in [0.2, 0.25) is 0 Å². The monoisotopic (exact) mass is 197 g/mol. The molecular formula is C9H11NO4. The van der Waals surface area contributed by atoms with E-state index < -0.39 is 0 Å². The Morgan fingerprint density at radius 3 is 2.21 bits per heavy atom. The molecule has 0 radical (unpaired) electrons. The van der Waals surface area contributed by atoms with Crippen LogP contribution in [0.25, 0.3) is 0 Å². The van der Waals surface area contributed by atoms with E-state index in [2.05, 4.69) is 4.98 Å². The van der Waals surface area contributed by atoms with Crippen molar-refractivity contribution in [3.8, 4) is 17.4 Å². The summed E-state index contributed by atoms with van der Waals surface area (Å²) in [6.45, 7) is 0. The van der Waals surface area contributed by atoms with E-state index in [0.717, 1.165) is 0 Å². The summed E-state index contributed by atoms with van der Waals surface area (Å²) in [5.41, 5.74) is 0.185. The highest BCUT2D eigenvalue weighted by molar-refractivity contribution is 5.77. The van der Waals surface area contributed by atoms with Crippen molar-refractivity contribution in [3.63, 3.8) is 0 Å². The molecule has 0 aromatic carbocycles. The SMILES string of the molecule is COc1cc(OC)c(OC)nc1C=O. The molecule has 0 atom stereocenters. The van der Waals surface area contributed by atoms with E-state index in [9.17, 15) is 4.79 Å². The molecule has 76 valence electrons. The van der Waals surface area contributed by atoms with E-state index in [1.165, 1.54) is 21.3 Å². The van der Waals surface area contributed by atoms with Crippen LogP contribution in [0.5, 0.6) is 17.4 Å². The molecule has 0 N–H and O–H groups in total. The molecule has 0 bridgehead atoms. The first-order valence-electron chi connectivity index (χ1n) is 3.89. The first-order chi connectivity index (χ1) is 6.76. The van der Waals surface area contributed by atoms with Gasteiger partial charge in [0.15, 0.2) is 17.8 Å². The zero-order chi connectivity index (χ0) is 10.6. The predicted octanol–water partition coefficient (Wildman–Crippen LogP) is 0.920. The van der Waals surface area contributed by atoms with Crippen molar-refractivity contribution in [1.29, 1.82) is 0 Å². The van der Waals surface area contributed by atoms with Gasteiger partial charge in [-0.2, -0.15) is 0 Å². The van der Waals surface area contributed by atoms with Crippen molar-refractivity contribution in [1.82, 2.24) is 4.98 Å². The zero-order valence-electron chi connectivity index (χ0n) is 8.23. The molecule has 0 amide bonds. The number of carbonyl (C=O) groups excluding carboxylic acids is 1. The molecule has 1 aromatic heterocycles. The third-order valence-electron chi connectivity index (χ3n) is 1.69. The van der Waals surface area contributed by atoms with E-state index >= 15 is 0 Å². The summed E-state index contributed by atoms with van der Waals surface area (Å²) in [6.07, 6.45) is 0.598. The molecule has 5 heteroatoms. The number of carbonyl (C=O) groups is 1. The minimum atomic E-state index is 0.185. The Hall–Kier alpha value is -1.78. The molecule has 0 spiro atoms. The second kappa shape index (κ2) is 4.45. The van der Waals surface area contributed by atoms with Crippen LogP contribution in [0, 0.1) is 0 Å². The van der Waals surface area contributed by atoms with Gasteiger partial charge in [0.25, 0.3) is 5.88 Å². The third-order valence-corrected chi connectivity index (χ3v) is 1.69. The van der Waals surface area contributed by atoms with Crippen LogP contribution >= 0.6 is 0 Å². The number of aromatic nitrogens is 1. The topological polar surface area (TPSA) is 57.6 Å². The van der Waals surface area contributed by atoms with Crippen molar-refractivity contribution in [3.05, 3.63) is 11.8 Å². The molecule has 14 heavy (non-hydrogen) atoms. The van der Waals surface area contributed by atoms with Gasteiger partial charge < -0.3 is 14.2 Å². The summed E-state index contributed by atoms with van der Waals surface area (Å²) in [7, 11) is 4.39. The Morgan fingerprint density at radius 2 is 1.79 bits per heavy atom. The maximum Gasteiger partial charge on any atom is 0.257 e. The molecule has 0 saturated heterocycles. The fraction of sp³-hybridized carbons (Fsp3) is 0.333. The molecule has 1 aromatic rings. The lowest BCUT2D eigenvalue weighted by molar-refractivity contribution is 0.111. The molecule has 0 unspecified atom stereocenters. The Morgan fingerprint density at radius 1 is 1.14 bits per heavy atom. The van der Waals surface area contributed by atoms with Crippen LogP contribution in [0.4, 0.5) is 0 Å². The molecule has 0 saturated carbocycles. The highest BCUT2D eigenvalue weighted by atomic mass is 16.5. The van der Waals surface area contributed by atoms with Crippen LogP contribution < -0.4 is 14.2 Å². The number of hydrogen-bond donors (Lipinski definition) is 0. The maximum atomic E-state index is 10.6. The van der Waals surface area contributed by atoms with Crippen molar-refractivity contribution in [2.75, 3.05) is 21.3 Å². The second-order valence-corrected chi connectivity index (χ2v) is 2.41. The number of pyridine rings is 1. The number of methoxy groups -OCH3 is 3. The summed E-state index contributed by atoms with van der Waals surface area (Å²) in [4.78, 5) is 14.5. The van der Waals surface area contributed by atoms with E-state index in [1.807, 2.05) is 0 Å². The summed E-state index contributed by atoms with van der Waals surface area (Å²) in [5.74, 6) is 1.04. The minimum Gasteiger partial charge on any atom is -0.494 e. The number of aldehydes is 1. The molecule has 0 aliphatic carbocycles. The minimum absolute atomic E-state index is 0.185. The Balaban J connectivity index is 3.27. The van der Waals surface area contributed by atoms with Gasteiger partial charge in [0.05, 0.1) is 21.3 Å². The van der Waals surface area contributed by atoms with Gasteiger partial charge in [-0.05, 0) is 0 Å². The smallest absolute Gasteiger partial charge is 0.257 e. The Kier molecular flexibility index (Phi) is 3.28. The van der Waals surface area contributed by atoms with Crippen molar-refractivity contribution < 1.29 is 19.0 Å². The van der Waals surface area contributed by atoms with Gasteiger partial charge in [0, 0.05) is 6.07 Å². The summed E-state index contributed by atoms with van der Waals surface area (Å²) in [5, 5.41) is 0. The van der Waals surface area contributed by atoms with Gasteiger partial charge in [-0.15, -0.1) is 0 Å². The lowest BCUT2D eigenvalue weighted by Crippen LogP contribution is -2.00. The quantitative estimate of drug-likeness (QED) is 0.672. The molecular weight excluding hydrogens is 186 g/mol. The van der Waals surface area contributed by atoms with E-state index in [0.29, 0.717) is 17.8 Å². The standard InChI is InChI=1S/C9H11NO4/c1-12-7-4-8(13-2)9(14-3)10-6(7)5-11/h4-5H,1-3H3. The largest absolute Gasteiger partial charge is 0.494 e. The van der Waals surface area contributed by atoms with E-state index in [-0.39, 0.29) is 11.6 Å². The Bertz CT molecular complexity index is 338. The van der Waals surface area contributed by atoms with Crippen molar-refractivity contribution in [2.45, 2.75) is 0 Å². The zero-order valence-corrected chi connectivity index (χ0v) is 8.23. The van der Waals surface area contributed by atoms with Crippen LogP contribution in [-0.4, -0.2) is 32.6 Å². The van der Waals surface area contributed by atoms with Crippen LogP contribution in [0.15, 0.2) is 6.07 Å².